The van der Waals surface area contributed by atoms with Crippen LogP contribution in [-0.2, 0) is 14.8 Å². The highest BCUT2D eigenvalue weighted by molar-refractivity contribution is 7.89. The van der Waals surface area contributed by atoms with Crippen molar-refractivity contribution in [3.63, 3.8) is 0 Å². The summed E-state index contributed by atoms with van der Waals surface area (Å²) >= 11 is 0. The van der Waals surface area contributed by atoms with Crippen LogP contribution in [0.25, 0.3) is 0 Å². The molecule has 0 bridgehead atoms. The van der Waals surface area contributed by atoms with Gasteiger partial charge in [-0.05, 0) is 31.5 Å². The molecule has 1 heterocycles. The number of ketones is 1. The first-order valence-corrected chi connectivity index (χ1v) is 9.66. The molecule has 0 amide bonds. The molecular formula is C17H26N2O4S. The molecule has 1 aliphatic rings. The number of nitrogens with one attached hydrogen (secondary N) is 2. The number of methoxy groups -OCH3 is 1. The lowest BCUT2D eigenvalue weighted by atomic mass is 9.99. The van der Waals surface area contributed by atoms with Crippen LogP contribution in [-0.4, -0.2) is 46.5 Å². The van der Waals surface area contributed by atoms with E-state index in [1.54, 1.807) is 19.2 Å². The number of ether oxygens (including phenoxy) is 1. The summed E-state index contributed by atoms with van der Waals surface area (Å²) in [7, 11) is -2.01. The van der Waals surface area contributed by atoms with Crippen molar-refractivity contribution in [1.82, 2.24) is 10.0 Å². The number of benzene rings is 1. The van der Waals surface area contributed by atoms with Gasteiger partial charge >= 0.3 is 0 Å². The third-order valence-electron chi connectivity index (χ3n) is 4.33. The van der Waals surface area contributed by atoms with Crippen molar-refractivity contribution in [1.29, 1.82) is 0 Å². The summed E-state index contributed by atoms with van der Waals surface area (Å²) in [5, 5.41) is 3.33. The van der Waals surface area contributed by atoms with Crippen LogP contribution >= 0.6 is 0 Å². The molecule has 24 heavy (non-hydrogen) atoms. The Bertz CT molecular complexity index is 662. The van der Waals surface area contributed by atoms with Gasteiger partial charge < -0.3 is 10.1 Å². The highest BCUT2D eigenvalue weighted by Gasteiger charge is 2.34. The van der Waals surface area contributed by atoms with E-state index in [1.165, 1.54) is 12.1 Å². The maximum atomic E-state index is 12.5. The van der Waals surface area contributed by atoms with Crippen molar-refractivity contribution in [2.45, 2.75) is 37.1 Å². The lowest BCUT2D eigenvalue weighted by molar-refractivity contribution is 0.0939. The number of carbonyl (C=O) groups excluding carboxylic acids is 1. The second kappa shape index (κ2) is 7.74. The van der Waals surface area contributed by atoms with Gasteiger partial charge in [0.1, 0.15) is 0 Å². The topological polar surface area (TPSA) is 84.5 Å². The van der Waals surface area contributed by atoms with Crippen LogP contribution in [0, 0.1) is 5.92 Å². The van der Waals surface area contributed by atoms with Crippen molar-refractivity contribution < 1.29 is 17.9 Å². The van der Waals surface area contributed by atoms with Gasteiger partial charge in [-0.3, -0.25) is 4.79 Å². The van der Waals surface area contributed by atoms with Gasteiger partial charge in [0.25, 0.3) is 0 Å². The van der Waals surface area contributed by atoms with Gasteiger partial charge in [0.05, 0.1) is 17.0 Å². The predicted octanol–water partition coefficient (Wildman–Crippen LogP) is 1.57. The Balaban J connectivity index is 2.08. The third kappa shape index (κ3) is 4.42. The molecule has 1 aromatic carbocycles. The lowest BCUT2D eigenvalue weighted by Gasteiger charge is -2.28. The number of sulfonamides is 1. The molecule has 1 saturated heterocycles. The zero-order valence-electron chi connectivity index (χ0n) is 14.5. The second-order valence-corrected chi connectivity index (χ2v) is 8.38. The summed E-state index contributed by atoms with van der Waals surface area (Å²) in [6, 6.07) is 6.08. The zero-order valence-corrected chi connectivity index (χ0v) is 15.3. The molecule has 2 rings (SSSR count). The molecule has 1 aromatic rings. The molecule has 1 aliphatic heterocycles. The van der Waals surface area contributed by atoms with Gasteiger partial charge in [-0.15, -0.1) is 0 Å². The fourth-order valence-electron chi connectivity index (χ4n) is 2.92. The van der Waals surface area contributed by atoms with E-state index in [-0.39, 0.29) is 28.7 Å². The Kier molecular flexibility index (Phi) is 6.14. The molecule has 6 nitrogen and oxygen atoms in total. The molecule has 7 heteroatoms. The van der Waals surface area contributed by atoms with Crippen LogP contribution in [0.1, 0.15) is 37.0 Å². The normalized spacial score (nSPS) is 21.3. The summed E-state index contributed by atoms with van der Waals surface area (Å²) in [4.78, 5) is 12.1. The van der Waals surface area contributed by atoms with E-state index in [0.29, 0.717) is 12.2 Å². The molecular weight excluding hydrogens is 328 g/mol. The van der Waals surface area contributed by atoms with Crippen molar-refractivity contribution in [2.75, 3.05) is 26.8 Å². The molecule has 0 aromatic heterocycles. The molecule has 1 atom stereocenters. The molecule has 1 unspecified atom stereocenters. The molecule has 1 fully saturated rings. The average molecular weight is 354 g/mol. The number of carbonyl (C=O) groups is 1. The smallest absolute Gasteiger partial charge is 0.240 e. The van der Waals surface area contributed by atoms with Crippen molar-refractivity contribution in [2.24, 2.45) is 5.92 Å². The van der Waals surface area contributed by atoms with Crippen molar-refractivity contribution in [3.05, 3.63) is 29.8 Å². The van der Waals surface area contributed by atoms with E-state index in [0.717, 1.165) is 19.4 Å². The third-order valence-corrected chi connectivity index (χ3v) is 5.74. The van der Waals surface area contributed by atoms with E-state index in [9.17, 15) is 13.2 Å². The summed E-state index contributed by atoms with van der Waals surface area (Å²) in [5.74, 6) is -0.117. The van der Waals surface area contributed by atoms with Gasteiger partial charge in [-0.25, -0.2) is 13.1 Å². The maximum absolute atomic E-state index is 12.5. The minimum atomic E-state index is -3.62. The summed E-state index contributed by atoms with van der Waals surface area (Å²) in [6.45, 7) is 5.22. The minimum absolute atomic E-state index is 0.00103. The van der Waals surface area contributed by atoms with Crippen LogP contribution in [0.3, 0.4) is 0 Å². The average Bonchev–Trinajstić information content (AvgIpc) is 3.02. The summed E-state index contributed by atoms with van der Waals surface area (Å²) < 4.78 is 32.9. The van der Waals surface area contributed by atoms with Gasteiger partial charge in [0, 0.05) is 25.1 Å². The van der Waals surface area contributed by atoms with Gasteiger partial charge in [0.2, 0.25) is 10.0 Å². The lowest BCUT2D eigenvalue weighted by Crippen LogP contribution is -2.52. The monoisotopic (exact) mass is 354 g/mol. The van der Waals surface area contributed by atoms with E-state index in [4.69, 9.17) is 4.74 Å². The number of hydrogen-bond acceptors (Lipinski definition) is 5. The number of hydrogen-bond donors (Lipinski definition) is 2. The van der Waals surface area contributed by atoms with Crippen LogP contribution in [0.5, 0.6) is 0 Å². The molecule has 0 spiro atoms. The first-order valence-electron chi connectivity index (χ1n) is 8.18. The van der Waals surface area contributed by atoms with E-state index < -0.39 is 10.0 Å². The Morgan fingerprint density at radius 3 is 2.50 bits per heavy atom. The summed E-state index contributed by atoms with van der Waals surface area (Å²) in [6.07, 6.45) is 1.86. The Labute approximate surface area is 144 Å². The fraction of sp³-hybridized carbons (Fsp3) is 0.588. The van der Waals surface area contributed by atoms with Crippen LogP contribution in [0.4, 0.5) is 0 Å². The van der Waals surface area contributed by atoms with Crippen LogP contribution in [0.2, 0.25) is 0 Å². The minimum Gasteiger partial charge on any atom is -0.383 e. The predicted molar refractivity (Wildman–Crippen MR) is 92.6 cm³/mol. The van der Waals surface area contributed by atoms with E-state index in [1.807, 2.05) is 13.8 Å². The first kappa shape index (κ1) is 19.1. The Morgan fingerprint density at radius 2 is 2.00 bits per heavy atom. The molecule has 0 saturated carbocycles. The highest BCUT2D eigenvalue weighted by atomic mass is 32.2. The zero-order chi connectivity index (χ0) is 17.8. The van der Waals surface area contributed by atoms with Crippen LogP contribution in [0.15, 0.2) is 29.2 Å². The quantitative estimate of drug-likeness (QED) is 0.692. The first-order chi connectivity index (χ1) is 11.3. The van der Waals surface area contributed by atoms with Crippen molar-refractivity contribution in [3.8, 4) is 0 Å². The highest BCUT2D eigenvalue weighted by Crippen LogP contribution is 2.20. The molecule has 134 valence electrons. The molecule has 0 radical (unpaired) electrons. The largest absolute Gasteiger partial charge is 0.383 e. The van der Waals surface area contributed by atoms with Crippen molar-refractivity contribution >= 4 is 15.8 Å². The number of Topliss-reactive ketones (excluding diaryl/α,β-unsaturated/α-hetero) is 1. The Hall–Kier alpha value is -1.28. The molecule has 2 N–H and O–H groups in total. The maximum Gasteiger partial charge on any atom is 0.240 e. The number of rotatable bonds is 8. The van der Waals surface area contributed by atoms with E-state index >= 15 is 0 Å². The Morgan fingerprint density at radius 1 is 1.33 bits per heavy atom. The fourth-order valence-corrected chi connectivity index (χ4v) is 4.05. The van der Waals surface area contributed by atoms with E-state index in [2.05, 4.69) is 10.0 Å². The second-order valence-electron chi connectivity index (χ2n) is 6.61. The van der Waals surface area contributed by atoms with Gasteiger partial charge in [0.15, 0.2) is 5.78 Å². The SMILES string of the molecule is COCC1(CNS(=O)(=O)c2ccc(C(=O)C(C)C)cc2)CCCN1. The van der Waals surface area contributed by atoms with Gasteiger partial charge in [-0.1, -0.05) is 26.0 Å². The van der Waals surface area contributed by atoms with Gasteiger partial charge in [-0.2, -0.15) is 0 Å². The standard InChI is InChI=1S/C17H26N2O4S/c1-13(2)16(20)14-5-7-15(8-6-14)24(21,22)19-11-17(12-23-3)9-4-10-18-17/h5-8,13,18-19H,4,9-12H2,1-3H3. The molecule has 0 aliphatic carbocycles. The van der Waals surface area contributed by atoms with Crippen LogP contribution < -0.4 is 10.0 Å². The summed E-state index contributed by atoms with van der Waals surface area (Å²) in [5.41, 5.74) is 0.173.